The first-order chi connectivity index (χ1) is 6.81. The zero-order chi connectivity index (χ0) is 9.97. The smallest absolute Gasteiger partial charge is 0.227 e. The van der Waals surface area contributed by atoms with Crippen molar-refractivity contribution in [3.63, 3.8) is 0 Å². The molecular weight excluding hydrogens is 178 g/mol. The van der Waals surface area contributed by atoms with Gasteiger partial charge in [-0.15, -0.1) is 0 Å². The fourth-order valence-electron chi connectivity index (χ4n) is 1.70. The van der Waals surface area contributed by atoms with Gasteiger partial charge in [-0.25, -0.2) is 0 Å². The highest BCUT2D eigenvalue weighted by Crippen LogP contribution is 2.24. The second kappa shape index (κ2) is 3.70. The molecule has 1 aliphatic heterocycles. The minimum atomic E-state index is 0.207. The molecule has 0 aliphatic carbocycles. The van der Waals surface area contributed by atoms with E-state index in [9.17, 15) is 4.79 Å². The molecule has 1 aliphatic rings. The predicted molar refractivity (Wildman–Crippen MR) is 54.6 cm³/mol. The van der Waals surface area contributed by atoms with Crippen LogP contribution in [0, 0.1) is 0 Å². The van der Waals surface area contributed by atoms with Crippen molar-refractivity contribution < 1.29 is 9.53 Å². The van der Waals surface area contributed by atoms with Crippen molar-refractivity contribution in [1.29, 1.82) is 0 Å². The van der Waals surface area contributed by atoms with Gasteiger partial charge in [0.05, 0.1) is 7.11 Å². The maximum atomic E-state index is 11.5. The number of anilines is 1. The van der Waals surface area contributed by atoms with E-state index in [0.717, 1.165) is 24.4 Å². The number of ether oxygens (including phenoxy) is 1. The van der Waals surface area contributed by atoms with E-state index in [1.54, 1.807) is 7.11 Å². The fraction of sp³-hybridized carbons (Fsp3) is 0.364. The fourth-order valence-corrected chi connectivity index (χ4v) is 1.70. The molecule has 0 unspecified atom stereocenters. The van der Waals surface area contributed by atoms with Crippen LogP contribution < -0.4 is 9.64 Å². The molecule has 0 saturated carbocycles. The van der Waals surface area contributed by atoms with Gasteiger partial charge in [-0.2, -0.15) is 0 Å². The molecule has 0 atom stereocenters. The van der Waals surface area contributed by atoms with E-state index < -0.39 is 0 Å². The average molecular weight is 191 g/mol. The molecule has 1 fully saturated rings. The second-order valence-corrected chi connectivity index (χ2v) is 3.35. The van der Waals surface area contributed by atoms with E-state index >= 15 is 0 Å². The molecule has 1 aromatic rings. The highest BCUT2D eigenvalue weighted by molar-refractivity contribution is 5.95. The third kappa shape index (κ3) is 1.58. The molecule has 14 heavy (non-hydrogen) atoms. The summed E-state index contributed by atoms with van der Waals surface area (Å²) in [6.07, 6.45) is 1.62. The maximum Gasteiger partial charge on any atom is 0.227 e. The Morgan fingerprint density at radius 3 is 2.93 bits per heavy atom. The molecule has 0 bridgehead atoms. The van der Waals surface area contributed by atoms with Gasteiger partial charge in [0.1, 0.15) is 5.75 Å². The molecule has 0 spiro atoms. The van der Waals surface area contributed by atoms with Gasteiger partial charge in [0.2, 0.25) is 5.91 Å². The molecule has 3 heteroatoms. The molecule has 3 nitrogen and oxygen atoms in total. The Kier molecular flexibility index (Phi) is 2.39. The van der Waals surface area contributed by atoms with Crippen molar-refractivity contribution in [2.75, 3.05) is 18.6 Å². The minimum absolute atomic E-state index is 0.207. The quantitative estimate of drug-likeness (QED) is 0.713. The first-order valence-electron chi connectivity index (χ1n) is 4.75. The SMILES string of the molecule is COc1cccc(N2CCCC2=O)c1. The van der Waals surface area contributed by atoms with Gasteiger partial charge >= 0.3 is 0 Å². The van der Waals surface area contributed by atoms with Crippen LogP contribution in [-0.4, -0.2) is 19.6 Å². The number of nitrogens with zero attached hydrogens (tertiary/aromatic N) is 1. The van der Waals surface area contributed by atoms with E-state index in [0.29, 0.717) is 6.42 Å². The highest BCUT2D eigenvalue weighted by Gasteiger charge is 2.21. The van der Waals surface area contributed by atoms with Crippen molar-refractivity contribution in [3.05, 3.63) is 24.3 Å². The zero-order valence-corrected chi connectivity index (χ0v) is 8.19. The van der Waals surface area contributed by atoms with Gasteiger partial charge in [0.25, 0.3) is 0 Å². The van der Waals surface area contributed by atoms with Crippen LogP contribution in [0.1, 0.15) is 12.8 Å². The van der Waals surface area contributed by atoms with Crippen LogP contribution in [0.2, 0.25) is 0 Å². The van der Waals surface area contributed by atoms with Crippen LogP contribution in [0.25, 0.3) is 0 Å². The number of methoxy groups -OCH3 is 1. The number of amides is 1. The number of carbonyl (C=O) groups excluding carboxylic acids is 1. The van der Waals surface area contributed by atoms with Crippen LogP contribution in [0.5, 0.6) is 5.75 Å². The molecule has 1 aromatic carbocycles. The summed E-state index contributed by atoms with van der Waals surface area (Å²) >= 11 is 0. The first kappa shape index (κ1) is 9.06. The third-order valence-corrected chi connectivity index (χ3v) is 2.44. The normalized spacial score (nSPS) is 16.1. The first-order valence-corrected chi connectivity index (χ1v) is 4.75. The molecule has 2 rings (SSSR count). The highest BCUT2D eigenvalue weighted by atomic mass is 16.5. The summed E-state index contributed by atoms with van der Waals surface area (Å²) < 4.78 is 5.11. The molecule has 1 heterocycles. The van der Waals surface area contributed by atoms with Crippen LogP contribution in [-0.2, 0) is 4.79 Å². The number of carbonyl (C=O) groups is 1. The summed E-state index contributed by atoms with van der Waals surface area (Å²) in [5.74, 6) is 1.00. The number of benzene rings is 1. The summed E-state index contributed by atoms with van der Waals surface area (Å²) in [4.78, 5) is 13.3. The van der Waals surface area contributed by atoms with Crippen molar-refractivity contribution in [2.24, 2.45) is 0 Å². The summed E-state index contributed by atoms with van der Waals surface area (Å²) in [7, 11) is 1.63. The lowest BCUT2D eigenvalue weighted by Crippen LogP contribution is -2.23. The topological polar surface area (TPSA) is 29.5 Å². The van der Waals surface area contributed by atoms with Crippen LogP contribution in [0.15, 0.2) is 24.3 Å². The molecule has 74 valence electrons. The van der Waals surface area contributed by atoms with Crippen molar-refractivity contribution in [3.8, 4) is 5.75 Å². The minimum Gasteiger partial charge on any atom is -0.497 e. The Hall–Kier alpha value is -1.51. The van der Waals surface area contributed by atoms with Gasteiger partial charge in [0, 0.05) is 24.7 Å². The van der Waals surface area contributed by atoms with E-state index in [1.807, 2.05) is 29.2 Å². The lowest BCUT2D eigenvalue weighted by molar-refractivity contribution is -0.117. The van der Waals surface area contributed by atoms with Gasteiger partial charge in [0.15, 0.2) is 0 Å². The molecule has 0 aromatic heterocycles. The Morgan fingerprint density at radius 1 is 1.43 bits per heavy atom. The molecule has 1 saturated heterocycles. The van der Waals surface area contributed by atoms with E-state index in [4.69, 9.17) is 4.74 Å². The third-order valence-electron chi connectivity index (χ3n) is 2.44. The Bertz CT molecular complexity index is 349. The van der Waals surface area contributed by atoms with E-state index in [-0.39, 0.29) is 5.91 Å². The summed E-state index contributed by atoms with van der Waals surface area (Å²) in [6, 6.07) is 7.61. The molecule has 0 radical (unpaired) electrons. The lowest BCUT2D eigenvalue weighted by Gasteiger charge is -2.16. The monoisotopic (exact) mass is 191 g/mol. The number of rotatable bonds is 2. The largest absolute Gasteiger partial charge is 0.497 e. The Labute approximate surface area is 83.3 Å². The van der Waals surface area contributed by atoms with Gasteiger partial charge in [-0.3, -0.25) is 4.79 Å². The van der Waals surface area contributed by atoms with Crippen LogP contribution in [0.4, 0.5) is 5.69 Å². The standard InChI is InChI=1S/C11H13NO2/c1-14-10-5-2-4-9(8-10)12-7-3-6-11(12)13/h2,4-5,8H,3,6-7H2,1H3. The molecule has 1 amide bonds. The average Bonchev–Trinajstić information content (AvgIpc) is 2.65. The van der Waals surface area contributed by atoms with Crippen LogP contribution in [0.3, 0.4) is 0 Å². The van der Waals surface area contributed by atoms with Crippen LogP contribution >= 0.6 is 0 Å². The number of hydrogen-bond donors (Lipinski definition) is 0. The summed E-state index contributed by atoms with van der Waals surface area (Å²) in [6.45, 7) is 0.825. The van der Waals surface area contributed by atoms with Gasteiger partial charge in [-0.05, 0) is 18.6 Å². The predicted octanol–water partition coefficient (Wildman–Crippen LogP) is 1.82. The molecule has 0 N–H and O–H groups in total. The lowest BCUT2D eigenvalue weighted by atomic mass is 10.3. The maximum absolute atomic E-state index is 11.5. The zero-order valence-electron chi connectivity index (χ0n) is 8.19. The Morgan fingerprint density at radius 2 is 2.29 bits per heavy atom. The van der Waals surface area contributed by atoms with E-state index in [1.165, 1.54) is 0 Å². The summed E-state index contributed by atoms with van der Waals surface area (Å²) in [5.41, 5.74) is 0.937. The van der Waals surface area contributed by atoms with E-state index in [2.05, 4.69) is 0 Å². The second-order valence-electron chi connectivity index (χ2n) is 3.35. The van der Waals surface area contributed by atoms with Crippen molar-refractivity contribution >= 4 is 11.6 Å². The Balaban J connectivity index is 2.26. The molecular formula is C11H13NO2. The van der Waals surface area contributed by atoms with Gasteiger partial charge in [-0.1, -0.05) is 6.07 Å². The van der Waals surface area contributed by atoms with Crippen molar-refractivity contribution in [1.82, 2.24) is 0 Å². The van der Waals surface area contributed by atoms with Crippen molar-refractivity contribution in [2.45, 2.75) is 12.8 Å². The van der Waals surface area contributed by atoms with Gasteiger partial charge < -0.3 is 9.64 Å². The summed E-state index contributed by atoms with van der Waals surface area (Å²) in [5, 5.41) is 0. The number of hydrogen-bond acceptors (Lipinski definition) is 2.